The maximum absolute atomic E-state index is 9.47. The normalized spacial score (nSPS) is 10.0. The number of nitrogens with zero attached hydrogens (tertiary/aromatic N) is 1. The third-order valence-corrected chi connectivity index (χ3v) is 1.68. The Morgan fingerprint density at radius 2 is 2.00 bits per heavy atom. The van der Waals surface area contributed by atoms with E-state index < -0.39 is 0 Å². The van der Waals surface area contributed by atoms with E-state index in [0.29, 0.717) is 12.4 Å². The second-order valence-corrected chi connectivity index (χ2v) is 2.60. The minimum Gasteiger partial charge on any atom is -0.506 e. The number of aliphatic hydroxyl groups is 1. The molecule has 0 unspecified atom stereocenters. The van der Waals surface area contributed by atoms with Crippen molar-refractivity contribution < 1.29 is 5.11 Å². The van der Waals surface area contributed by atoms with Crippen LogP contribution in [0.3, 0.4) is 0 Å². The summed E-state index contributed by atoms with van der Waals surface area (Å²) in [5.74, 6) is 0.159. The standard InChI is InChI=1S/C10H18N2O.C2H6/c1-5-7-10(13)9(3)12(6-2)8-11-4;1-2/h5,7,11,13H,1,3,6,8H2,2,4H3;1-2H3/b10-7-;. The Morgan fingerprint density at radius 3 is 2.33 bits per heavy atom. The number of likely N-dealkylation sites (N-methyl/N-ethyl adjacent to an activating group) is 1. The molecule has 0 aromatic carbocycles. The highest BCUT2D eigenvalue weighted by Crippen LogP contribution is 2.08. The summed E-state index contributed by atoms with van der Waals surface area (Å²) in [6, 6.07) is 0. The van der Waals surface area contributed by atoms with Gasteiger partial charge in [-0.2, -0.15) is 0 Å². The van der Waals surface area contributed by atoms with Gasteiger partial charge in [0.2, 0.25) is 0 Å². The van der Waals surface area contributed by atoms with E-state index in [0.717, 1.165) is 6.54 Å². The van der Waals surface area contributed by atoms with Gasteiger partial charge in [0.05, 0.1) is 12.4 Å². The van der Waals surface area contributed by atoms with Crippen molar-refractivity contribution in [3.63, 3.8) is 0 Å². The fourth-order valence-electron chi connectivity index (χ4n) is 0.959. The van der Waals surface area contributed by atoms with E-state index in [1.807, 2.05) is 32.7 Å². The van der Waals surface area contributed by atoms with E-state index in [-0.39, 0.29) is 5.76 Å². The summed E-state index contributed by atoms with van der Waals surface area (Å²) in [5.41, 5.74) is 0.608. The fourth-order valence-corrected chi connectivity index (χ4v) is 0.959. The number of rotatable bonds is 6. The molecule has 3 heteroatoms. The average molecular weight is 212 g/mol. The number of hydrogen-bond acceptors (Lipinski definition) is 3. The van der Waals surface area contributed by atoms with Gasteiger partial charge in [-0.25, -0.2) is 0 Å². The molecule has 0 aliphatic carbocycles. The van der Waals surface area contributed by atoms with E-state index in [2.05, 4.69) is 18.5 Å². The Balaban J connectivity index is 0. The topological polar surface area (TPSA) is 35.5 Å². The number of allylic oxidation sites excluding steroid dienone is 2. The van der Waals surface area contributed by atoms with Crippen molar-refractivity contribution in [1.82, 2.24) is 10.2 Å². The van der Waals surface area contributed by atoms with Crippen LogP contribution in [0.5, 0.6) is 0 Å². The van der Waals surface area contributed by atoms with Crippen LogP contribution in [0.2, 0.25) is 0 Å². The van der Waals surface area contributed by atoms with Crippen molar-refractivity contribution >= 4 is 0 Å². The van der Waals surface area contributed by atoms with Crippen molar-refractivity contribution in [1.29, 1.82) is 0 Å². The summed E-state index contributed by atoms with van der Waals surface area (Å²) in [6.07, 6.45) is 3.06. The molecule has 3 nitrogen and oxygen atoms in total. The van der Waals surface area contributed by atoms with Gasteiger partial charge in [-0.15, -0.1) is 0 Å². The highest BCUT2D eigenvalue weighted by Gasteiger charge is 2.06. The van der Waals surface area contributed by atoms with Gasteiger partial charge in [0.25, 0.3) is 0 Å². The van der Waals surface area contributed by atoms with Crippen LogP contribution in [-0.4, -0.2) is 30.3 Å². The molecule has 0 aliphatic heterocycles. The predicted molar refractivity (Wildman–Crippen MR) is 67.7 cm³/mol. The van der Waals surface area contributed by atoms with Gasteiger partial charge in [-0.05, 0) is 20.0 Å². The zero-order valence-corrected chi connectivity index (χ0v) is 10.4. The molecule has 0 radical (unpaired) electrons. The Morgan fingerprint density at radius 1 is 1.47 bits per heavy atom. The molecule has 2 N–H and O–H groups in total. The molecule has 0 bridgehead atoms. The summed E-state index contributed by atoms with van der Waals surface area (Å²) >= 11 is 0. The number of nitrogens with one attached hydrogen (secondary N) is 1. The molecular weight excluding hydrogens is 188 g/mol. The molecule has 0 spiro atoms. The highest BCUT2D eigenvalue weighted by atomic mass is 16.3. The summed E-state index contributed by atoms with van der Waals surface area (Å²) in [7, 11) is 1.85. The molecule has 0 heterocycles. The molecule has 0 saturated carbocycles. The summed E-state index contributed by atoms with van der Waals surface area (Å²) in [4.78, 5) is 1.93. The molecule has 0 amide bonds. The second-order valence-electron chi connectivity index (χ2n) is 2.60. The Labute approximate surface area is 93.8 Å². The smallest absolute Gasteiger partial charge is 0.138 e. The van der Waals surface area contributed by atoms with Crippen LogP contribution in [0, 0.1) is 0 Å². The molecular formula is C12H24N2O. The van der Waals surface area contributed by atoms with Gasteiger partial charge in [0, 0.05) is 6.54 Å². The Hall–Kier alpha value is -1.22. The number of aliphatic hydroxyl groups excluding tert-OH is 1. The molecule has 15 heavy (non-hydrogen) atoms. The molecule has 0 atom stereocenters. The first-order valence-corrected chi connectivity index (χ1v) is 5.27. The summed E-state index contributed by atoms with van der Waals surface area (Å²) < 4.78 is 0. The summed E-state index contributed by atoms with van der Waals surface area (Å²) in [6.45, 7) is 14.8. The van der Waals surface area contributed by atoms with Gasteiger partial charge in [-0.3, -0.25) is 0 Å². The lowest BCUT2D eigenvalue weighted by Crippen LogP contribution is -2.31. The van der Waals surface area contributed by atoms with Crippen molar-refractivity contribution in [3.05, 3.63) is 36.8 Å². The van der Waals surface area contributed by atoms with E-state index >= 15 is 0 Å². The highest BCUT2D eigenvalue weighted by molar-refractivity contribution is 5.23. The molecule has 0 aromatic rings. The first-order valence-electron chi connectivity index (χ1n) is 5.27. The van der Waals surface area contributed by atoms with Crippen molar-refractivity contribution in [2.75, 3.05) is 20.3 Å². The van der Waals surface area contributed by atoms with E-state index in [1.54, 1.807) is 0 Å². The van der Waals surface area contributed by atoms with Gasteiger partial charge < -0.3 is 15.3 Å². The first kappa shape index (κ1) is 16.2. The molecule has 0 fully saturated rings. The fraction of sp³-hybridized carbons (Fsp3) is 0.500. The van der Waals surface area contributed by atoms with Crippen LogP contribution >= 0.6 is 0 Å². The molecule has 0 saturated heterocycles. The van der Waals surface area contributed by atoms with Crippen LogP contribution in [0.15, 0.2) is 36.8 Å². The van der Waals surface area contributed by atoms with Crippen molar-refractivity contribution in [3.8, 4) is 0 Å². The van der Waals surface area contributed by atoms with Crippen LogP contribution in [0.1, 0.15) is 20.8 Å². The SMILES string of the molecule is C=C/C=C(\O)C(=C)N(CC)CNC.CC. The lowest BCUT2D eigenvalue weighted by molar-refractivity contribution is 0.306. The predicted octanol–water partition coefficient (Wildman–Crippen LogP) is 2.65. The maximum Gasteiger partial charge on any atom is 0.138 e. The quantitative estimate of drug-likeness (QED) is 0.403. The monoisotopic (exact) mass is 212 g/mol. The van der Waals surface area contributed by atoms with Crippen LogP contribution in [0.4, 0.5) is 0 Å². The molecule has 0 rings (SSSR count). The maximum atomic E-state index is 9.47. The third-order valence-electron chi connectivity index (χ3n) is 1.68. The minimum absolute atomic E-state index is 0.159. The zero-order valence-electron chi connectivity index (χ0n) is 10.4. The third kappa shape index (κ3) is 6.80. The van der Waals surface area contributed by atoms with E-state index in [4.69, 9.17) is 0 Å². The van der Waals surface area contributed by atoms with E-state index in [9.17, 15) is 5.11 Å². The Bertz CT molecular complexity index is 210. The minimum atomic E-state index is 0.159. The van der Waals surface area contributed by atoms with Crippen LogP contribution < -0.4 is 5.32 Å². The van der Waals surface area contributed by atoms with Gasteiger partial charge in [0.1, 0.15) is 5.76 Å². The molecule has 0 aromatic heterocycles. The van der Waals surface area contributed by atoms with Crippen LogP contribution in [-0.2, 0) is 0 Å². The lowest BCUT2D eigenvalue weighted by Gasteiger charge is -2.23. The molecule has 0 aliphatic rings. The van der Waals surface area contributed by atoms with Crippen molar-refractivity contribution in [2.45, 2.75) is 20.8 Å². The molecule has 88 valence electrons. The largest absolute Gasteiger partial charge is 0.506 e. The van der Waals surface area contributed by atoms with Gasteiger partial charge in [0.15, 0.2) is 0 Å². The average Bonchev–Trinajstić information content (AvgIpc) is 2.28. The lowest BCUT2D eigenvalue weighted by atomic mass is 10.3. The Kier molecular flexibility index (Phi) is 11.7. The second kappa shape index (κ2) is 10.9. The zero-order chi connectivity index (χ0) is 12.3. The van der Waals surface area contributed by atoms with Gasteiger partial charge >= 0.3 is 0 Å². The van der Waals surface area contributed by atoms with E-state index in [1.165, 1.54) is 12.2 Å². The van der Waals surface area contributed by atoms with Crippen molar-refractivity contribution in [2.24, 2.45) is 0 Å². The van der Waals surface area contributed by atoms with Gasteiger partial charge in [-0.1, -0.05) is 33.1 Å². The number of hydrogen-bond donors (Lipinski definition) is 2. The summed E-state index contributed by atoms with van der Waals surface area (Å²) in [5, 5.41) is 12.5. The first-order chi connectivity index (χ1) is 7.17. The van der Waals surface area contributed by atoms with Crippen LogP contribution in [0.25, 0.3) is 0 Å².